The van der Waals surface area contributed by atoms with Crippen LogP contribution in [0.5, 0.6) is 0 Å². The number of ether oxygens (including phenoxy) is 1. The van der Waals surface area contributed by atoms with Crippen LogP contribution in [0.15, 0.2) is 0 Å². The smallest absolute Gasteiger partial charge is 0.463 e. The van der Waals surface area contributed by atoms with Gasteiger partial charge in [0.25, 0.3) is 0 Å². The van der Waals surface area contributed by atoms with Gasteiger partial charge < -0.3 is 19.2 Å². The highest BCUT2D eigenvalue weighted by atomic mass is 31.2. The molecular formula is C21H45NO7P+. The quantitative estimate of drug-likeness (QED) is 0.124. The van der Waals surface area contributed by atoms with Gasteiger partial charge in [-0.15, -0.1) is 0 Å². The fourth-order valence-corrected chi connectivity index (χ4v) is 3.46. The molecule has 0 aliphatic carbocycles. The number of phosphoric acid groups is 1. The van der Waals surface area contributed by atoms with Crippen LogP contribution in [0.25, 0.3) is 0 Å². The molecule has 2 N–H and O–H groups in total. The van der Waals surface area contributed by atoms with Crippen molar-refractivity contribution in [1.29, 1.82) is 0 Å². The molecule has 0 aromatic heterocycles. The van der Waals surface area contributed by atoms with Gasteiger partial charge in [0.1, 0.15) is 25.9 Å². The van der Waals surface area contributed by atoms with Crippen LogP contribution in [0.3, 0.4) is 0 Å². The first kappa shape index (κ1) is 29.5. The molecule has 1 unspecified atom stereocenters. The summed E-state index contributed by atoms with van der Waals surface area (Å²) >= 11 is 0. The standard InChI is InChI=1S/C21H44NO7P/c1-5-6-7-8-9-10-11-12-13-14-15-21(24)27-18-20(23)19-29-30(25,26)28-17-16-22(2,3)4/h20,23H,5-19H2,1-4H3/p+1/t20-/m1/s1. The summed E-state index contributed by atoms with van der Waals surface area (Å²) in [5.41, 5.74) is 0. The number of nitrogens with zero attached hydrogens (tertiary/aromatic N) is 1. The summed E-state index contributed by atoms with van der Waals surface area (Å²) in [5.74, 6) is -0.375. The van der Waals surface area contributed by atoms with Gasteiger partial charge in [0.05, 0.1) is 27.7 Å². The number of hydrogen-bond acceptors (Lipinski definition) is 6. The lowest BCUT2D eigenvalue weighted by Gasteiger charge is -2.24. The fraction of sp³-hybridized carbons (Fsp3) is 0.952. The van der Waals surface area contributed by atoms with Crippen LogP contribution in [0.1, 0.15) is 77.6 Å². The summed E-state index contributed by atoms with van der Waals surface area (Å²) in [6.45, 7) is 2.10. The molecule has 0 aromatic rings. The number of phosphoric ester groups is 1. The molecule has 0 saturated heterocycles. The Bertz CT molecular complexity index is 482. The van der Waals surface area contributed by atoms with Crippen molar-refractivity contribution >= 4 is 13.8 Å². The van der Waals surface area contributed by atoms with Gasteiger partial charge in [0, 0.05) is 6.42 Å². The largest absolute Gasteiger partial charge is 0.472 e. The van der Waals surface area contributed by atoms with E-state index in [1.54, 1.807) is 0 Å². The molecule has 0 heterocycles. The first-order valence-corrected chi connectivity index (χ1v) is 12.8. The van der Waals surface area contributed by atoms with Crippen molar-refractivity contribution in [1.82, 2.24) is 0 Å². The summed E-state index contributed by atoms with van der Waals surface area (Å²) in [7, 11) is 1.56. The average molecular weight is 455 g/mol. The van der Waals surface area contributed by atoms with Gasteiger partial charge >= 0.3 is 13.8 Å². The van der Waals surface area contributed by atoms with E-state index in [2.05, 4.69) is 6.92 Å². The van der Waals surface area contributed by atoms with Crippen LogP contribution in [-0.2, 0) is 23.1 Å². The number of rotatable bonds is 20. The van der Waals surface area contributed by atoms with Crippen LogP contribution in [0.2, 0.25) is 0 Å². The molecule has 0 rings (SSSR count). The minimum absolute atomic E-state index is 0.0568. The number of hydrogen-bond donors (Lipinski definition) is 2. The van der Waals surface area contributed by atoms with E-state index in [-0.39, 0.29) is 19.2 Å². The van der Waals surface area contributed by atoms with E-state index in [9.17, 15) is 19.4 Å². The van der Waals surface area contributed by atoms with Crippen LogP contribution in [0.4, 0.5) is 0 Å². The summed E-state index contributed by atoms with van der Waals surface area (Å²) in [5, 5.41) is 9.77. The molecule has 0 bridgehead atoms. The number of likely N-dealkylation sites (N-methyl/N-ethyl adjacent to an activating group) is 1. The van der Waals surface area contributed by atoms with Crippen LogP contribution >= 0.6 is 7.82 Å². The van der Waals surface area contributed by atoms with Crippen molar-refractivity contribution in [2.75, 3.05) is 47.5 Å². The van der Waals surface area contributed by atoms with Crippen molar-refractivity contribution in [2.45, 2.75) is 83.7 Å². The van der Waals surface area contributed by atoms with Crippen molar-refractivity contribution in [3.05, 3.63) is 0 Å². The van der Waals surface area contributed by atoms with Crippen molar-refractivity contribution in [2.24, 2.45) is 0 Å². The van der Waals surface area contributed by atoms with Crippen molar-refractivity contribution in [3.63, 3.8) is 0 Å². The number of carbonyl (C=O) groups is 1. The molecule has 0 fully saturated rings. The second-order valence-electron chi connectivity index (χ2n) is 8.88. The molecule has 9 heteroatoms. The SMILES string of the molecule is CCCCCCCCCCCCC(=O)OC[C@@H](O)COP(=O)(O)OCC[N+](C)(C)C. The third-order valence-corrected chi connectivity index (χ3v) is 5.60. The number of esters is 1. The highest BCUT2D eigenvalue weighted by Gasteiger charge is 2.24. The predicted molar refractivity (Wildman–Crippen MR) is 118 cm³/mol. The lowest BCUT2D eigenvalue weighted by Crippen LogP contribution is -2.37. The Kier molecular flexibility index (Phi) is 16.8. The summed E-state index contributed by atoms with van der Waals surface area (Å²) in [4.78, 5) is 21.3. The molecular weight excluding hydrogens is 409 g/mol. The minimum Gasteiger partial charge on any atom is -0.463 e. The van der Waals surface area contributed by atoms with Gasteiger partial charge in [0.2, 0.25) is 0 Å². The molecule has 0 spiro atoms. The Morgan fingerprint density at radius 3 is 1.97 bits per heavy atom. The Hall–Kier alpha value is -0.500. The van der Waals surface area contributed by atoms with Gasteiger partial charge in [-0.3, -0.25) is 13.8 Å². The first-order valence-electron chi connectivity index (χ1n) is 11.3. The molecule has 8 nitrogen and oxygen atoms in total. The van der Waals surface area contributed by atoms with Crippen LogP contribution in [0, 0.1) is 0 Å². The van der Waals surface area contributed by atoms with Gasteiger partial charge in [-0.1, -0.05) is 64.7 Å². The summed E-state index contributed by atoms with van der Waals surface area (Å²) in [6, 6.07) is 0. The zero-order valence-corrected chi connectivity index (χ0v) is 20.4. The van der Waals surface area contributed by atoms with Gasteiger partial charge in [-0.25, -0.2) is 4.57 Å². The fourth-order valence-electron chi connectivity index (χ4n) is 2.71. The van der Waals surface area contributed by atoms with E-state index in [4.69, 9.17) is 13.8 Å². The zero-order chi connectivity index (χ0) is 22.9. The number of aliphatic hydroxyl groups excluding tert-OH is 1. The number of unbranched alkanes of at least 4 members (excludes halogenated alkanes) is 9. The maximum atomic E-state index is 11.7. The van der Waals surface area contributed by atoms with E-state index in [0.717, 1.165) is 19.3 Å². The Morgan fingerprint density at radius 2 is 1.43 bits per heavy atom. The molecule has 0 saturated carbocycles. The molecule has 0 aliphatic heterocycles. The van der Waals surface area contributed by atoms with Gasteiger partial charge in [-0.05, 0) is 6.42 Å². The summed E-state index contributed by atoms with van der Waals surface area (Å²) in [6.07, 6.45) is 11.0. The molecule has 0 aromatic carbocycles. The Labute approximate surface area is 183 Å². The summed E-state index contributed by atoms with van der Waals surface area (Å²) < 4.78 is 26.9. The maximum Gasteiger partial charge on any atom is 0.472 e. The molecule has 0 amide bonds. The third-order valence-electron chi connectivity index (χ3n) is 4.62. The van der Waals surface area contributed by atoms with Gasteiger partial charge in [0.15, 0.2) is 0 Å². The molecule has 180 valence electrons. The second-order valence-corrected chi connectivity index (χ2v) is 10.3. The molecule has 2 atom stereocenters. The van der Waals surface area contributed by atoms with Crippen LogP contribution < -0.4 is 0 Å². The van der Waals surface area contributed by atoms with Gasteiger partial charge in [-0.2, -0.15) is 0 Å². The van der Waals surface area contributed by atoms with Crippen molar-refractivity contribution in [3.8, 4) is 0 Å². The molecule has 0 aliphatic rings. The lowest BCUT2D eigenvalue weighted by atomic mass is 10.1. The first-order chi connectivity index (χ1) is 14.1. The zero-order valence-electron chi connectivity index (χ0n) is 19.5. The number of quaternary nitrogens is 1. The minimum atomic E-state index is -4.23. The second kappa shape index (κ2) is 17.1. The monoisotopic (exact) mass is 454 g/mol. The van der Waals surface area contributed by atoms with Crippen molar-refractivity contribution < 1.29 is 37.6 Å². The third kappa shape index (κ3) is 20.8. The molecule has 0 radical (unpaired) electrons. The maximum absolute atomic E-state index is 11.7. The predicted octanol–water partition coefficient (Wildman–Crippen LogP) is 4.04. The Balaban J connectivity index is 3.66. The van der Waals surface area contributed by atoms with E-state index >= 15 is 0 Å². The van der Waals surface area contributed by atoms with Crippen LogP contribution in [-0.4, -0.2) is 74.1 Å². The highest BCUT2D eigenvalue weighted by molar-refractivity contribution is 7.47. The van der Waals surface area contributed by atoms with E-state index in [1.807, 2.05) is 21.1 Å². The highest BCUT2D eigenvalue weighted by Crippen LogP contribution is 2.43. The van der Waals surface area contributed by atoms with E-state index < -0.39 is 20.5 Å². The van der Waals surface area contributed by atoms with E-state index in [0.29, 0.717) is 17.4 Å². The number of aliphatic hydroxyl groups is 1. The topological polar surface area (TPSA) is 102 Å². The molecule has 30 heavy (non-hydrogen) atoms. The average Bonchev–Trinajstić information content (AvgIpc) is 2.65. The van der Waals surface area contributed by atoms with E-state index in [1.165, 1.54) is 44.9 Å². The Morgan fingerprint density at radius 1 is 0.900 bits per heavy atom. The normalized spacial score (nSPS) is 15.0. The number of carbonyl (C=O) groups excluding carboxylic acids is 1. The lowest BCUT2D eigenvalue weighted by molar-refractivity contribution is -0.870.